The fourth-order valence-electron chi connectivity index (χ4n) is 3.29. The zero-order valence-electron chi connectivity index (χ0n) is 12.0. The van der Waals surface area contributed by atoms with Crippen molar-refractivity contribution in [2.24, 2.45) is 0 Å². The molecule has 1 aromatic carbocycles. The van der Waals surface area contributed by atoms with Gasteiger partial charge in [-0.3, -0.25) is 4.90 Å². The van der Waals surface area contributed by atoms with E-state index in [0.717, 1.165) is 24.1 Å². The first-order valence-electron chi connectivity index (χ1n) is 7.03. The Balaban J connectivity index is 1.62. The number of benzene rings is 1. The van der Waals surface area contributed by atoms with E-state index in [9.17, 15) is 0 Å². The monoisotopic (exact) mass is 340 g/mol. The third kappa shape index (κ3) is 2.72. The van der Waals surface area contributed by atoms with Crippen LogP contribution in [0.1, 0.15) is 6.42 Å². The van der Waals surface area contributed by atoms with Gasteiger partial charge in [-0.2, -0.15) is 0 Å². The highest BCUT2D eigenvalue weighted by molar-refractivity contribution is 9.10. The molecule has 0 aromatic heterocycles. The quantitative estimate of drug-likeness (QED) is 0.768. The molecular formula is C15H21BrN2O2. The standard InChI is InChI=1S/C15H21BrN2O2/c1-19-15(20-2)10-18-13-7-14(18)9-17(8-13)12-5-3-4-11(16)6-12/h3-6,13-15H,7-10H2,1-2H3. The van der Waals surface area contributed by atoms with Crippen molar-refractivity contribution in [3.8, 4) is 0 Å². The maximum absolute atomic E-state index is 5.31. The van der Waals surface area contributed by atoms with Crippen LogP contribution in [0.4, 0.5) is 5.69 Å². The first-order valence-corrected chi connectivity index (χ1v) is 7.82. The summed E-state index contributed by atoms with van der Waals surface area (Å²) < 4.78 is 11.8. The van der Waals surface area contributed by atoms with Crippen LogP contribution >= 0.6 is 15.9 Å². The molecule has 0 amide bonds. The molecule has 0 saturated carbocycles. The van der Waals surface area contributed by atoms with Gasteiger partial charge in [0.05, 0.1) is 6.54 Å². The van der Waals surface area contributed by atoms with E-state index in [4.69, 9.17) is 9.47 Å². The lowest BCUT2D eigenvalue weighted by Crippen LogP contribution is -2.70. The van der Waals surface area contributed by atoms with Gasteiger partial charge < -0.3 is 14.4 Å². The van der Waals surface area contributed by atoms with Gasteiger partial charge in [-0.25, -0.2) is 0 Å². The molecule has 3 aliphatic heterocycles. The van der Waals surface area contributed by atoms with E-state index < -0.39 is 0 Å². The molecule has 0 spiro atoms. The summed E-state index contributed by atoms with van der Waals surface area (Å²) in [5, 5.41) is 0. The number of hydrogen-bond acceptors (Lipinski definition) is 4. The Morgan fingerprint density at radius 3 is 2.55 bits per heavy atom. The van der Waals surface area contributed by atoms with Crippen LogP contribution in [0.5, 0.6) is 0 Å². The fourth-order valence-corrected chi connectivity index (χ4v) is 3.67. The topological polar surface area (TPSA) is 24.9 Å². The largest absolute Gasteiger partial charge is 0.368 e. The maximum atomic E-state index is 5.31. The van der Waals surface area contributed by atoms with Crippen molar-refractivity contribution in [3.05, 3.63) is 28.7 Å². The van der Waals surface area contributed by atoms with E-state index >= 15 is 0 Å². The van der Waals surface area contributed by atoms with Crippen LogP contribution in [0.25, 0.3) is 0 Å². The molecule has 5 heteroatoms. The molecular weight excluding hydrogens is 320 g/mol. The van der Waals surface area contributed by atoms with Crippen LogP contribution in [-0.2, 0) is 9.47 Å². The van der Waals surface area contributed by atoms with Crippen LogP contribution < -0.4 is 4.90 Å². The molecule has 4 nitrogen and oxygen atoms in total. The van der Waals surface area contributed by atoms with Crippen LogP contribution in [0, 0.1) is 0 Å². The third-order valence-electron chi connectivity index (χ3n) is 4.40. The van der Waals surface area contributed by atoms with Gasteiger partial charge >= 0.3 is 0 Å². The predicted molar refractivity (Wildman–Crippen MR) is 83.1 cm³/mol. The lowest BCUT2D eigenvalue weighted by Gasteiger charge is -2.57. The van der Waals surface area contributed by atoms with Gasteiger partial charge in [-0.1, -0.05) is 22.0 Å². The second-order valence-corrected chi connectivity index (χ2v) is 6.44. The molecule has 110 valence electrons. The minimum atomic E-state index is -0.113. The maximum Gasteiger partial charge on any atom is 0.169 e. The number of ether oxygens (including phenoxy) is 2. The summed E-state index contributed by atoms with van der Waals surface area (Å²) in [4.78, 5) is 5.00. The average molecular weight is 341 g/mol. The van der Waals surface area contributed by atoms with E-state index in [1.54, 1.807) is 14.2 Å². The van der Waals surface area contributed by atoms with Crippen molar-refractivity contribution in [2.75, 3.05) is 38.8 Å². The Morgan fingerprint density at radius 1 is 1.25 bits per heavy atom. The summed E-state index contributed by atoms with van der Waals surface area (Å²) in [6.45, 7) is 3.05. The summed E-state index contributed by atoms with van der Waals surface area (Å²) in [5.41, 5.74) is 1.31. The van der Waals surface area contributed by atoms with Crippen molar-refractivity contribution in [1.82, 2.24) is 4.90 Å². The number of piperidine rings is 1. The Bertz CT molecular complexity index is 455. The van der Waals surface area contributed by atoms with Gasteiger partial charge in [0.15, 0.2) is 6.29 Å². The summed E-state index contributed by atoms with van der Waals surface area (Å²) in [6, 6.07) is 9.81. The molecule has 2 bridgehead atoms. The number of piperazine rings is 1. The van der Waals surface area contributed by atoms with Crippen LogP contribution in [0.2, 0.25) is 0 Å². The van der Waals surface area contributed by atoms with Gasteiger partial charge in [0.2, 0.25) is 0 Å². The number of halogens is 1. The molecule has 20 heavy (non-hydrogen) atoms. The van der Waals surface area contributed by atoms with Gasteiger partial charge in [0, 0.05) is 49.6 Å². The molecule has 0 N–H and O–H groups in total. The highest BCUT2D eigenvalue weighted by atomic mass is 79.9. The molecule has 2 atom stereocenters. The Kier molecular flexibility index (Phi) is 4.31. The van der Waals surface area contributed by atoms with Crippen molar-refractivity contribution < 1.29 is 9.47 Å². The lowest BCUT2D eigenvalue weighted by atomic mass is 9.87. The predicted octanol–water partition coefficient (Wildman–Crippen LogP) is 2.33. The molecule has 3 saturated heterocycles. The zero-order valence-corrected chi connectivity index (χ0v) is 13.5. The second-order valence-electron chi connectivity index (χ2n) is 5.53. The highest BCUT2D eigenvalue weighted by Gasteiger charge is 2.45. The van der Waals surface area contributed by atoms with Gasteiger partial charge in [0.25, 0.3) is 0 Å². The Hall–Kier alpha value is -0.620. The smallest absolute Gasteiger partial charge is 0.169 e. The molecule has 3 aliphatic rings. The molecule has 0 radical (unpaired) electrons. The molecule has 2 unspecified atom stereocenters. The molecule has 4 rings (SSSR count). The average Bonchev–Trinajstić information content (AvgIpc) is 2.48. The summed E-state index contributed by atoms with van der Waals surface area (Å²) in [5.74, 6) is 0. The van der Waals surface area contributed by atoms with Crippen molar-refractivity contribution in [1.29, 1.82) is 0 Å². The minimum Gasteiger partial charge on any atom is -0.368 e. The lowest BCUT2D eigenvalue weighted by molar-refractivity contribution is -0.145. The zero-order chi connectivity index (χ0) is 14.1. The van der Waals surface area contributed by atoms with Crippen molar-refractivity contribution in [2.45, 2.75) is 24.8 Å². The first kappa shape index (κ1) is 14.3. The van der Waals surface area contributed by atoms with Gasteiger partial charge in [-0.15, -0.1) is 0 Å². The molecule has 1 aromatic rings. The summed E-state index contributed by atoms with van der Waals surface area (Å²) in [7, 11) is 3.41. The second kappa shape index (κ2) is 6.02. The number of fused-ring (bicyclic) bond motifs is 2. The normalized spacial score (nSPS) is 25.9. The number of anilines is 1. The minimum absolute atomic E-state index is 0.113. The summed E-state index contributed by atoms with van der Waals surface area (Å²) in [6.07, 6.45) is 1.18. The molecule has 3 fully saturated rings. The Morgan fingerprint density at radius 2 is 1.95 bits per heavy atom. The highest BCUT2D eigenvalue weighted by Crippen LogP contribution is 2.35. The molecule has 3 heterocycles. The van der Waals surface area contributed by atoms with E-state index in [-0.39, 0.29) is 6.29 Å². The third-order valence-corrected chi connectivity index (χ3v) is 4.90. The van der Waals surface area contributed by atoms with Crippen molar-refractivity contribution >= 4 is 21.6 Å². The number of nitrogens with zero attached hydrogens (tertiary/aromatic N) is 2. The van der Waals surface area contributed by atoms with E-state index in [2.05, 4.69) is 50.0 Å². The van der Waals surface area contributed by atoms with E-state index in [1.165, 1.54) is 12.1 Å². The summed E-state index contributed by atoms with van der Waals surface area (Å²) >= 11 is 3.55. The number of rotatable bonds is 5. The first-order chi connectivity index (χ1) is 9.71. The Labute approximate surface area is 128 Å². The number of hydrogen-bond donors (Lipinski definition) is 0. The van der Waals surface area contributed by atoms with Crippen LogP contribution in [0.3, 0.4) is 0 Å². The SMILES string of the molecule is COC(CN1C2CC1CN(c1cccc(Br)c1)C2)OC. The van der Waals surface area contributed by atoms with Crippen molar-refractivity contribution in [3.63, 3.8) is 0 Å². The van der Waals surface area contributed by atoms with Crippen LogP contribution in [0.15, 0.2) is 28.7 Å². The van der Waals surface area contributed by atoms with Gasteiger partial charge in [-0.05, 0) is 24.6 Å². The van der Waals surface area contributed by atoms with Gasteiger partial charge in [0.1, 0.15) is 0 Å². The van der Waals surface area contributed by atoms with E-state index in [1.807, 2.05) is 0 Å². The van der Waals surface area contributed by atoms with E-state index in [0.29, 0.717) is 12.1 Å². The van der Waals surface area contributed by atoms with Crippen LogP contribution in [-0.4, -0.2) is 57.1 Å². The fraction of sp³-hybridized carbons (Fsp3) is 0.600. The number of methoxy groups -OCH3 is 2. The molecule has 0 aliphatic carbocycles.